The second kappa shape index (κ2) is 8.99. The summed E-state index contributed by atoms with van der Waals surface area (Å²) in [6.07, 6.45) is 2.94. The molecule has 1 aliphatic heterocycles. The van der Waals surface area contributed by atoms with Gasteiger partial charge in [-0.3, -0.25) is 9.80 Å². The second-order valence-corrected chi connectivity index (χ2v) is 8.04. The van der Waals surface area contributed by atoms with Crippen LogP contribution in [0.25, 0.3) is 10.9 Å². The summed E-state index contributed by atoms with van der Waals surface area (Å²) in [5.41, 5.74) is 5.02. The van der Waals surface area contributed by atoms with Crippen molar-refractivity contribution in [3.63, 3.8) is 0 Å². The molecule has 2 N–H and O–H groups in total. The Morgan fingerprint density at radius 2 is 2.00 bits per heavy atom. The first-order valence-corrected chi connectivity index (χ1v) is 10.4. The summed E-state index contributed by atoms with van der Waals surface area (Å²) in [6.45, 7) is 7.21. The molecular formula is C24H31N3O2. The molecule has 0 aliphatic carbocycles. The molecule has 0 bridgehead atoms. The normalized spacial score (nSPS) is 18.4. The summed E-state index contributed by atoms with van der Waals surface area (Å²) < 4.78 is 5.39. The second-order valence-electron chi connectivity index (χ2n) is 8.04. The Balaban J connectivity index is 1.43. The molecule has 5 nitrogen and oxygen atoms in total. The number of aryl methyl sites for hydroxylation is 1. The molecule has 4 rings (SSSR count). The molecule has 1 atom stereocenters. The average molecular weight is 394 g/mol. The highest BCUT2D eigenvalue weighted by atomic mass is 16.5. The van der Waals surface area contributed by atoms with E-state index in [0.717, 1.165) is 44.9 Å². The SMILES string of the molecule is COc1ccc(CN2CCN(Cc3c[nH]c4ccccc34)C[C@H]2CCO)cc1C. The van der Waals surface area contributed by atoms with Gasteiger partial charge in [-0.15, -0.1) is 0 Å². The number of aromatic amines is 1. The minimum absolute atomic E-state index is 0.226. The molecule has 0 saturated carbocycles. The quantitative estimate of drug-likeness (QED) is 0.645. The number of benzene rings is 2. The summed E-state index contributed by atoms with van der Waals surface area (Å²) in [6, 6.07) is 15.3. The molecule has 0 unspecified atom stereocenters. The molecular weight excluding hydrogens is 362 g/mol. The van der Waals surface area contributed by atoms with Gasteiger partial charge >= 0.3 is 0 Å². The standard InChI is InChI=1S/C24H31N3O2/c1-18-13-19(7-8-24(18)29-2)15-27-11-10-26(17-21(27)9-12-28)16-20-14-25-23-6-4-3-5-22(20)23/h3-8,13-14,21,25,28H,9-12,15-17H2,1-2H3/t21-/m1/s1. The van der Waals surface area contributed by atoms with Gasteiger partial charge in [-0.1, -0.05) is 30.3 Å². The lowest BCUT2D eigenvalue weighted by molar-refractivity contribution is 0.0501. The zero-order valence-electron chi connectivity index (χ0n) is 17.4. The lowest BCUT2D eigenvalue weighted by atomic mass is 10.0. The van der Waals surface area contributed by atoms with Crippen molar-refractivity contribution in [3.05, 3.63) is 65.4 Å². The lowest BCUT2D eigenvalue weighted by Gasteiger charge is -2.41. The molecule has 1 saturated heterocycles. The van der Waals surface area contributed by atoms with E-state index in [-0.39, 0.29) is 6.61 Å². The molecule has 1 aliphatic rings. The highest BCUT2D eigenvalue weighted by Gasteiger charge is 2.27. The number of hydrogen-bond donors (Lipinski definition) is 2. The maximum atomic E-state index is 9.63. The Labute approximate surface area is 172 Å². The predicted molar refractivity (Wildman–Crippen MR) is 117 cm³/mol. The molecule has 0 spiro atoms. The minimum Gasteiger partial charge on any atom is -0.496 e. The molecule has 0 radical (unpaired) electrons. The number of aliphatic hydroxyl groups is 1. The number of ether oxygens (including phenoxy) is 1. The number of fused-ring (bicyclic) bond motifs is 1. The number of aliphatic hydroxyl groups excluding tert-OH is 1. The van der Waals surface area contributed by atoms with Crippen LogP contribution in [-0.2, 0) is 13.1 Å². The average Bonchev–Trinajstić information content (AvgIpc) is 3.13. The van der Waals surface area contributed by atoms with Gasteiger partial charge in [0.2, 0.25) is 0 Å². The van der Waals surface area contributed by atoms with Crippen molar-refractivity contribution in [2.45, 2.75) is 32.5 Å². The van der Waals surface area contributed by atoms with E-state index in [1.54, 1.807) is 7.11 Å². The van der Waals surface area contributed by atoms with Crippen LogP contribution >= 0.6 is 0 Å². The van der Waals surface area contributed by atoms with E-state index >= 15 is 0 Å². The van der Waals surface area contributed by atoms with Crippen molar-refractivity contribution in [3.8, 4) is 5.75 Å². The molecule has 2 heterocycles. The van der Waals surface area contributed by atoms with Gasteiger partial charge < -0.3 is 14.8 Å². The first-order valence-electron chi connectivity index (χ1n) is 10.4. The van der Waals surface area contributed by atoms with E-state index in [1.165, 1.54) is 27.6 Å². The molecule has 2 aromatic carbocycles. The molecule has 3 aromatic rings. The van der Waals surface area contributed by atoms with E-state index in [2.05, 4.69) is 70.4 Å². The zero-order valence-corrected chi connectivity index (χ0v) is 17.4. The fraction of sp³-hybridized carbons (Fsp3) is 0.417. The lowest BCUT2D eigenvalue weighted by Crippen LogP contribution is -2.52. The Kier molecular flexibility index (Phi) is 6.19. The van der Waals surface area contributed by atoms with Crippen LogP contribution in [0.4, 0.5) is 0 Å². The Morgan fingerprint density at radius 3 is 2.79 bits per heavy atom. The first kappa shape index (κ1) is 20.0. The van der Waals surface area contributed by atoms with Crippen LogP contribution in [0, 0.1) is 6.92 Å². The van der Waals surface area contributed by atoms with Crippen molar-refractivity contribution in [1.29, 1.82) is 0 Å². The van der Waals surface area contributed by atoms with Gasteiger partial charge in [0.25, 0.3) is 0 Å². The third kappa shape index (κ3) is 4.47. The maximum absolute atomic E-state index is 9.63. The van der Waals surface area contributed by atoms with E-state index in [1.807, 2.05) is 0 Å². The topological polar surface area (TPSA) is 51.7 Å². The number of nitrogens with zero attached hydrogens (tertiary/aromatic N) is 2. The van der Waals surface area contributed by atoms with Gasteiger partial charge in [0, 0.05) is 62.5 Å². The predicted octanol–water partition coefficient (Wildman–Crippen LogP) is 3.55. The Bertz CT molecular complexity index is 952. The van der Waals surface area contributed by atoms with E-state index < -0.39 is 0 Å². The summed E-state index contributed by atoms with van der Waals surface area (Å²) in [7, 11) is 1.71. The highest BCUT2D eigenvalue weighted by molar-refractivity contribution is 5.82. The van der Waals surface area contributed by atoms with Gasteiger partial charge in [0.05, 0.1) is 7.11 Å². The van der Waals surface area contributed by atoms with Crippen LogP contribution in [0.5, 0.6) is 5.75 Å². The molecule has 5 heteroatoms. The number of nitrogens with one attached hydrogen (secondary N) is 1. The highest BCUT2D eigenvalue weighted by Crippen LogP contribution is 2.24. The largest absolute Gasteiger partial charge is 0.496 e. The van der Waals surface area contributed by atoms with Crippen molar-refractivity contribution in [2.75, 3.05) is 33.4 Å². The minimum atomic E-state index is 0.226. The van der Waals surface area contributed by atoms with Crippen molar-refractivity contribution < 1.29 is 9.84 Å². The summed E-state index contributed by atoms with van der Waals surface area (Å²) >= 11 is 0. The number of rotatable bonds is 7. The summed E-state index contributed by atoms with van der Waals surface area (Å²) in [5.74, 6) is 0.934. The Morgan fingerprint density at radius 1 is 1.14 bits per heavy atom. The Hall–Kier alpha value is -2.34. The zero-order chi connectivity index (χ0) is 20.2. The van der Waals surface area contributed by atoms with Crippen LogP contribution in [0.3, 0.4) is 0 Å². The monoisotopic (exact) mass is 393 g/mol. The number of H-pyrrole nitrogens is 1. The molecule has 0 amide bonds. The van der Waals surface area contributed by atoms with Crippen LogP contribution in [-0.4, -0.2) is 59.3 Å². The van der Waals surface area contributed by atoms with E-state index in [4.69, 9.17) is 4.74 Å². The molecule has 154 valence electrons. The first-order chi connectivity index (χ1) is 14.2. The van der Waals surface area contributed by atoms with Crippen LogP contribution in [0.2, 0.25) is 0 Å². The van der Waals surface area contributed by atoms with Gasteiger partial charge in [-0.25, -0.2) is 0 Å². The third-order valence-corrected chi connectivity index (χ3v) is 6.06. The van der Waals surface area contributed by atoms with Crippen molar-refractivity contribution >= 4 is 10.9 Å². The molecule has 1 fully saturated rings. The number of methoxy groups -OCH3 is 1. The number of para-hydroxylation sites is 1. The van der Waals surface area contributed by atoms with E-state index in [9.17, 15) is 5.11 Å². The molecule has 1 aromatic heterocycles. The summed E-state index contributed by atoms with van der Waals surface area (Å²) in [5, 5.41) is 10.9. The van der Waals surface area contributed by atoms with Crippen LogP contribution < -0.4 is 4.74 Å². The number of hydrogen-bond acceptors (Lipinski definition) is 4. The smallest absolute Gasteiger partial charge is 0.121 e. The fourth-order valence-corrected chi connectivity index (χ4v) is 4.51. The summed E-state index contributed by atoms with van der Waals surface area (Å²) in [4.78, 5) is 8.42. The fourth-order valence-electron chi connectivity index (χ4n) is 4.51. The van der Waals surface area contributed by atoms with Gasteiger partial charge in [0.15, 0.2) is 0 Å². The number of aromatic nitrogens is 1. The van der Waals surface area contributed by atoms with Gasteiger partial charge in [-0.2, -0.15) is 0 Å². The van der Waals surface area contributed by atoms with Crippen LogP contribution in [0.15, 0.2) is 48.7 Å². The van der Waals surface area contributed by atoms with Crippen molar-refractivity contribution in [1.82, 2.24) is 14.8 Å². The van der Waals surface area contributed by atoms with Gasteiger partial charge in [0.1, 0.15) is 5.75 Å². The maximum Gasteiger partial charge on any atom is 0.121 e. The van der Waals surface area contributed by atoms with Gasteiger partial charge in [-0.05, 0) is 42.2 Å². The third-order valence-electron chi connectivity index (χ3n) is 6.06. The van der Waals surface area contributed by atoms with Crippen LogP contribution in [0.1, 0.15) is 23.1 Å². The molecule has 29 heavy (non-hydrogen) atoms. The number of piperazine rings is 1. The van der Waals surface area contributed by atoms with E-state index in [0.29, 0.717) is 6.04 Å². The van der Waals surface area contributed by atoms with Crippen molar-refractivity contribution in [2.24, 2.45) is 0 Å².